The number of imide groups is 1. The fourth-order valence-electron chi connectivity index (χ4n) is 2.73. The maximum atomic E-state index is 12.7. The van der Waals surface area contributed by atoms with E-state index >= 15 is 0 Å². The van der Waals surface area contributed by atoms with Crippen molar-refractivity contribution in [2.24, 2.45) is 0 Å². The molecule has 30 heavy (non-hydrogen) atoms. The molecule has 9 heteroatoms. The van der Waals surface area contributed by atoms with E-state index in [4.69, 9.17) is 9.47 Å². The predicted octanol–water partition coefficient (Wildman–Crippen LogP) is 3.60. The van der Waals surface area contributed by atoms with Crippen molar-refractivity contribution in [2.75, 3.05) is 33.3 Å². The van der Waals surface area contributed by atoms with Gasteiger partial charge in [-0.25, -0.2) is 4.79 Å². The SMILES string of the molecule is COC(=O)c1ccc(C=C2SC(=O)N(CNc3ccc(OC)cc3OC)C2=O)cc1. The molecule has 0 atom stereocenters. The van der Waals surface area contributed by atoms with E-state index in [9.17, 15) is 14.4 Å². The van der Waals surface area contributed by atoms with Crippen molar-refractivity contribution >= 4 is 40.6 Å². The molecule has 1 aliphatic rings. The Labute approximate surface area is 177 Å². The molecule has 0 aliphatic carbocycles. The molecule has 2 aromatic rings. The van der Waals surface area contributed by atoms with Gasteiger partial charge in [0.15, 0.2) is 0 Å². The van der Waals surface area contributed by atoms with E-state index in [0.29, 0.717) is 33.2 Å². The second-order valence-electron chi connectivity index (χ2n) is 6.12. The molecule has 1 heterocycles. The van der Waals surface area contributed by atoms with Crippen molar-refractivity contribution in [1.82, 2.24) is 4.90 Å². The smallest absolute Gasteiger partial charge is 0.337 e. The summed E-state index contributed by atoms with van der Waals surface area (Å²) in [6.45, 7) is -0.00796. The highest BCUT2D eigenvalue weighted by molar-refractivity contribution is 8.18. The number of carbonyl (C=O) groups excluding carboxylic acids is 3. The van der Waals surface area contributed by atoms with Crippen LogP contribution in [0, 0.1) is 0 Å². The third-order valence-corrected chi connectivity index (χ3v) is 5.25. The Bertz CT molecular complexity index is 1000. The number of hydrogen-bond acceptors (Lipinski definition) is 8. The quantitative estimate of drug-likeness (QED) is 0.528. The fourth-order valence-corrected chi connectivity index (χ4v) is 3.57. The lowest BCUT2D eigenvalue weighted by Crippen LogP contribution is -2.33. The Kier molecular flexibility index (Phi) is 6.63. The van der Waals surface area contributed by atoms with Crippen LogP contribution in [-0.4, -0.2) is 50.0 Å². The lowest BCUT2D eigenvalue weighted by molar-refractivity contribution is -0.122. The molecule has 0 unspecified atom stereocenters. The topological polar surface area (TPSA) is 94.2 Å². The maximum absolute atomic E-state index is 12.7. The van der Waals surface area contributed by atoms with E-state index in [1.54, 1.807) is 55.7 Å². The Morgan fingerprint density at radius 1 is 1.07 bits per heavy atom. The zero-order chi connectivity index (χ0) is 21.7. The summed E-state index contributed by atoms with van der Waals surface area (Å²) in [5.41, 5.74) is 1.72. The molecular weight excluding hydrogens is 408 g/mol. The van der Waals surface area contributed by atoms with Crippen molar-refractivity contribution in [3.63, 3.8) is 0 Å². The molecule has 8 nitrogen and oxygen atoms in total. The minimum absolute atomic E-state index is 0.00796. The van der Waals surface area contributed by atoms with E-state index in [2.05, 4.69) is 10.1 Å². The van der Waals surface area contributed by atoms with Crippen LogP contribution >= 0.6 is 11.8 Å². The molecule has 2 amide bonds. The number of esters is 1. The number of rotatable bonds is 7. The van der Waals surface area contributed by atoms with E-state index in [1.165, 1.54) is 14.2 Å². The van der Waals surface area contributed by atoms with Gasteiger partial charge in [0, 0.05) is 6.07 Å². The van der Waals surface area contributed by atoms with Crippen molar-refractivity contribution in [3.8, 4) is 11.5 Å². The van der Waals surface area contributed by atoms with Crippen molar-refractivity contribution < 1.29 is 28.6 Å². The van der Waals surface area contributed by atoms with Gasteiger partial charge in [0.2, 0.25) is 0 Å². The first-order chi connectivity index (χ1) is 14.5. The fraction of sp³-hybridized carbons (Fsp3) is 0.190. The first-order valence-corrected chi connectivity index (χ1v) is 9.68. The van der Waals surface area contributed by atoms with Gasteiger partial charge in [-0.15, -0.1) is 0 Å². The number of nitrogens with zero attached hydrogens (tertiary/aromatic N) is 1. The van der Waals surface area contributed by atoms with Gasteiger partial charge >= 0.3 is 5.97 Å². The number of nitrogens with one attached hydrogen (secondary N) is 1. The summed E-state index contributed by atoms with van der Waals surface area (Å²) in [4.78, 5) is 37.9. The molecule has 0 aromatic heterocycles. The number of hydrogen-bond donors (Lipinski definition) is 1. The summed E-state index contributed by atoms with van der Waals surface area (Å²) < 4.78 is 15.1. The molecule has 3 rings (SSSR count). The van der Waals surface area contributed by atoms with Gasteiger partial charge in [0.1, 0.15) is 11.5 Å². The molecule has 1 saturated heterocycles. The van der Waals surface area contributed by atoms with Gasteiger partial charge in [0.05, 0.1) is 44.2 Å². The molecule has 2 aromatic carbocycles. The van der Waals surface area contributed by atoms with E-state index in [1.807, 2.05) is 0 Å². The summed E-state index contributed by atoms with van der Waals surface area (Å²) >= 11 is 0.858. The van der Waals surface area contributed by atoms with E-state index in [0.717, 1.165) is 16.7 Å². The summed E-state index contributed by atoms with van der Waals surface area (Å²) in [5, 5.41) is 2.66. The van der Waals surface area contributed by atoms with Crippen LogP contribution in [0.2, 0.25) is 0 Å². The Hall–Kier alpha value is -3.46. The number of carbonyl (C=O) groups is 3. The van der Waals surface area contributed by atoms with Crippen molar-refractivity contribution in [3.05, 3.63) is 58.5 Å². The molecule has 0 saturated carbocycles. The van der Waals surface area contributed by atoms with Crippen LogP contribution in [0.25, 0.3) is 6.08 Å². The highest BCUT2D eigenvalue weighted by atomic mass is 32.2. The lowest BCUT2D eigenvalue weighted by atomic mass is 10.1. The van der Waals surface area contributed by atoms with Gasteiger partial charge in [-0.05, 0) is 47.7 Å². The van der Waals surface area contributed by atoms with Gasteiger partial charge in [-0.1, -0.05) is 12.1 Å². The van der Waals surface area contributed by atoms with Crippen LogP contribution in [0.3, 0.4) is 0 Å². The van der Waals surface area contributed by atoms with Crippen LogP contribution in [0.1, 0.15) is 15.9 Å². The highest BCUT2D eigenvalue weighted by Crippen LogP contribution is 2.33. The molecule has 0 bridgehead atoms. The molecule has 1 N–H and O–H groups in total. The second kappa shape index (κ2) is 9.36. The molecule has 0 radical (unpaired) electrons. The summed E-state index contributed by atoms with van der Waals surface area (Å²) in [7, 11) is 4.38. The Morgan fingerprint density at radius 3 is 2.43 bits per heavy atom. The number of amides is 2. The van der Waals surface area contributed by atoms with Crippen molar-refractivity contribution in [1.29, 1.82) is 0 Å². The summed E-state index contributed by atoms with van der Waals surface area (Å²) in [6.07, 6.45) is 1.61. The lowest BCUT2D eigenvalue weighted by Gasteiger charge is -2.17. The number of thioether (sulfide) groups is 1. The second-order valence-corrected chi connectivity index (χ2v) is 7.12. The summed E-state index contributed by atoms with van der Waals surface area (Å²) in [5.74, 6) is 0.316. The third-order valence-electron chi connectivity index (χ3n) is 4.34. The molecule has 156 valence electrons. The van der Waals surface area contributed by atoms with E-state index < -0.39 is 11.9 Å². The van der Waals surface area contributed by atoms with Crippen LogP contribution < -0.4 is 14.8 Å². The zero-order valence-corrected chi connectivity index (χ0v) is 17.4. The maximum Gasteiger partial charge on any atom is 0.337 e. The zero-order valence-electron chi connectivity index (χ0n) is 16.6. The number of benzene rings is 2. The molecular formula is C21H20N2O6S. The predicted molar refractivity (Wildman–Crippen MR) is 114 cm³/mol. The standard InChI is InChI=1S/C21H20N2O6S/c1-27-15-8-9-16(17(11-15)28-2)22-12-23-19(24)18(30-21(23)26)10-13-4-6-14(7-5-13)20(25)29-3/h4-11,22H,12H2,1-3H3. The summed E-state index contributed by atoms with van der Waals surface area (Å²) in [6, 6.07) is 11.8. The van der Waals surface area contributed by atoms with E-state index in [-0.39, 0.29) is 11.9 Å². The number of methoxy groups -OCH3 is 3. The molecule has 1 aliphatic heterocycles. The van der Waals surface area contributed by atoms with Crippen LogP contribution in [0.4, 0.5) is 10.5 Å². The van der Waals surface area contributed by atoms with Crippen molar-refractivity contribution in [2.45, 2.75) is 0 Å². The molecule has 1 fully saturated rings. The van der Waals surface area contributed by atoms with Crippen LogP contribution in [0.15, 0.2) is 47.4 Å². The Balaban J connectivity index is 1.70. The third kappa shape index (κ3) is 4.57. The van der Waals surface area contributed by atoms with Crippen LogP contribution in [-0.2, 0) is 9.53 Å². The first-order valence-electron chi connectivity index (χ1n) is 8.86. The first kappa shape index (κ1) is 21.3. The van der Waals surface area contributed by atoms with Gasteiger partial charge in [-0.2, -0.15) is 0 Å². The average Bonchev–Trinajstić information content (AvgIpc) is 3.04. The molecule has 0 spiro atoms. The normalized spacial score (nSPS) is 14.8. The average molecular weight is 428 g/mol. The Morgan fingerprint density at radius 2 is 1.80 bits per heavy atom. The number of anilines is 1. The van der Waals surface area contributed by atoms with Gasteiger partial charge in [0.25, 0.3) is 11.1 Å². The minimum Gasteiger partial charge on any atom is -0.497 e. The monoisotopic (exact) mass is 428 g/mol. The largest absolute Gasteiger partial charge is 0.497 e. The van der Waals surface area contributed by atoms with Crippen LogP contribution in [0.5, 0.6) is 11.5 Å². The van der Waals surface area contributed by atoms with Gasteiger partial charge < -0.3 is 19.5 Å². The number of ether oxygens (including phenoxy) is 3. The van der Waals surface area contributed by atoms with Gasteiger partial charge in [-0.3, -0.25) is 14.5 Å². The minimum atomic E-state index is -0.443. The highest BCUT2D eigenvalue weighted by Gasteiger charge is 2.35.